The molecule has 3 rings (SSSR count). The fourth-order valence-corrected chi connectivity index (χ4v) is 1.79. The third-order valence-electron chi connectivity index (χ3n) is 2.62. The Bertz CT molecular complexity index is 644. The number of hydrogen-bond donors (Lipinski definition) is 0. The average Bonchev–Trinajstić information content (AvgIpc) is 2.83. The molecule has 0 N–H and O–H groups in total. The summed E-state index contributed by atoms with van der Waals surface area (Å²) in [7, 11) is 1.63. The van der Waals surface area contributed by atoms with E-state index in [1.54, 1.807) is 7.11 Å². The Hall–Kier alpha value is -2.29. The summed E-state index contributed by atoms with van der Waals surface area (Å²) in [4.78, 5) is 4.46. The van der Waals surface area contributed by atoms with E-state index >= 15 is 0 Å². The van der Waals surface area contributed by atoms with E-state index in [9.17, 15) is 0 Å². The summed E-state index contributed by atoms with van der Waals surface area (Å²) in [6, 6.07) is 15.5. The van der Waals surface area contributed by atoms with Crippen molar-refractivity contribution in [1.82, 2.24) is 4.98 Å². The number of rotatable bonds is 2. The van der Waals surface area contributed by atoms with E-state index in [0.29, 0.717) is 5.89 Å². The lowest BCUT2D eigenvalue weighted by Crippen LogP contribution is -1.83. The van der Waals surface area contributed by atoms with Gasteiger partial charge in [0.2, 0.25) is 5.89 Å². The lowest BCUT2D eigenvalue weighted by atomic mass is 10.2. The number of nitrogens with zero attached hydrogens (tertiary/aromatic N) is 1. The second kappa shape index (κ2) is 3.94. The van der Waals surface area contributed by atoms with Gasteiger partial charge in [0.25, 0.3) is 0 Å². The molecule has 84 valence electrons. The molecule has 2 aromatic carbocycles. The zero-order chi connectivity index (χ0) is 11.7. The maximum atomic E-state index is 5.71. The molecule has 0 saturated heterocycles. The number of para-hydroxylation sites is 1. The highest BCUT2D eigenvalue weighted by molar-refractivity contribution is 5.82. The molecule has 0 aliphatic rings. The fraction of sp³-hybridized carbons (Fsp3) is 0.0714. The number of fused-ring (bicyclic) bond motifs is 1. The Morgan fingerprint density at radius 2 is 1.82 bits per heavy atom. The molecule has 0 saturated carbocycles. The van der Waals surface area contributed by atoms with Crippen LogP contribution in [-0.2, 0) is 0 Å². The van der Waals surface area contributed by atoms with Gasteiger partial charge in [0.15, 0.2) is 11.1 Å². The molecule has 0 radical (unpaired) electrons. The number of benzene rings is 2. The van der Waals surface area contributed by atoms with Crippen LogP contribution >= 0.6 is 0 Å². The van der Waals surface area contributed by atoms with Gasteiger partial charge in [-0.25, -0.2) is 4.98 Å². The Balaban J connectivity index is 2.20. The molecule has 3 aromatic rings. The van der Waals surface area contributed by atoms with Crippen molar-refractivity contribution < 1.29 is 9.15 Å². The van der Waals surface area contributed by atoms with Crippen LogP contribution in [0.3, 0.4) is 0 Å². The quantitative estimate of drug-likeness (QED) is 0.669. The minimum atomic E-state index is 0.616. The van der Waals surface area contributed by atoms with Gasteiger partial charge in [-0.15, -0.1) is 0 Å². The summed E-state index contributed by atoms with van der Waals surface area (Å²) in [6.45, 7) is 0. The monoisotopic (exact) mass is 225 g/mol. The molecule has 0 aliphatic heterocycles. The molecular formula is C14H11NO2. The molecule has 0 amide bonds. The first-order valence-corrected chi connectivity index (χ1v) is 5.37. The highest BCUT2D eigenvalue weighted by Gasteiger charge is 2.10. The van der Waals surface area contributed by atoms with Gasteiger partial charge in [-0.1, -0.05) is 24.3 Å². The van der Waals surface area contributed by atoms with Crippen molar-refractivity contribution in [3.8, 4) is 17.2 Å². The van der Waals surface area contributed by atoms with Crippen LogP contribution in [-0.4, -0.2) is 12.1 Å². The molecule has 3 heteroatoms. The second-order valence-electron chi connectivity index (χ2n) is 3.69. The molecule has 3 nitrogen and oxygen atoms in total. The number of methoxy groups -OCH3 is 1. The summed E-state index contributed by atoms with van der Waals surface area (Å²) in [5, 5.41) is 0. The van der Waals surface area contributed by atoms with Crippen LogP contribution < -0.4 is 4.74 Å². The SMILES string of the molecule is COc1cccc2oc(-c3ccccc3)nc12. The van der Waals surface area contributed by atoms with Crippen molar-refractivity contribution in [2.45, 2.75) is 0 Å². The lowest BCUT2D eigenvalue weighted by Gasteiger charge is -1.96. The summed E-state index contributed by atoms with van der Waals surface area (Å²) in [5.74, 6) is 1.35. The predicted molar refractivity (Wildman–Crippen MR) is 66.0 cm³/mol. The fourth-order valence-electron chi connectivity index (χ4n) is 1.79. The smallest absolute Gasteiger partial charge is 0.227 e. The third kappa shape index (κ3) is 1.65. The maximum absolute atomic E-state index is 5.71. The van der Waals surface area contributed by atoms with Gasteiger partial charge < -0.3 is 9.15 Å². The van der Waals surface area contributed by atoms with Gasteiger partial charge in [-0.2, -0.15) is 0 Å². The van der Waals surface area contributed by atoms with E-state index in [1.807, 2.05) is 48.5 Å². The average molecular weight is 225 g/mol. The van der Waals surface area contributed by atoms with Gasteiger partial charge in [-0.3, -0.25) is 0 Å². The van der Waals surface area contributed by atoms with E-state index in [-0.39, 0.29) is 0 Å². The van der Waals surface area contributed by atoms with Gasteiger partial charge >= 0.3 is 0 Å². The molecule has 0 fully saturated rings. The van der Waals surface area contributed by atoms with E-state index < -0.39 is 0 Å². The van der Waals surface area contributed by atoms with Crippen LogP contribution in [0.15, 0.2) is 52.9 Å². The Morgan fingerprint density at radius 3 is 2.59 bits per heavy atom. The van der Waals surface area contributed by atoms with E-state index in [2.05, 4.69) is 4.98 Å². The molecule has 0 bridgehead atoms. The first-order valence-electron chi connectivity index (χ1n) is 5.37. The minimum Gasteiger partial charge on any atom is -0.494 e. The highest BCUT2D eigenvalue weighted by atomic mass is 16.5. The molecular weight excluding hydrogens is 214 g/mol. The highest BCUT2D eigenvalue weighted by Crippen LogP contribution is 2.29. The number of oxazole rings is 1. The first-order chi connectivity index (χ1) is 8.38. The normalized spacial score (nSPS) is 10.6. The van der Waals surface area contributed by atoms with Crippen molar-refractivity contribution >= 4 is 11.1 Å². The summed E-state index contributed by atoms with van der Waals surface area (Å²) in [6.07, 6.45) is 0. The van der Waals surface area contributed by atoms with Crippen LogP contribution in [0.5, 0.6) is 5.75 Å². The van der Waals surface area contributed by atoms with Crippen LogP contribution in [0.2, 0.25) is 0 Å². The Morgan fingerprint density at radius 1 is 1.00 bits per heavy atom. The molecule has 0 aliphatic carbocycles. The number of ether oxygens (including phenoxy) is 1. The molecule has 0 unspecified atom stereocenters. The van der Waals surface area contributed by atoms with Crippen molar-refractivity contribution in [2.75, 3.05) is 7.11 Å². The van der Waals surface area contributed by atoms with Crippen LogP contribution in [0.4, 0.5) is 0 Å². The zero-order valence-electron chi connectivity index (χ0n) is 9.38. The summed E-state index contributed by atoms with van der Waals surface area (Å²) < 4.78 is 11.0. The van der Waals surface area contributed by atoms with Gasteiger partial charge in [-0.05, 0) is 24.3 Å². The van der Waals surface area contributed by atoms with Crippen molar-refractivity contribution in [3.05, 3.63) is 48.5 Å². The van der Waals surface area contributed by atoms with Crippen molar-refractivity contribution in [3.63, 3.8) is 0 Å². The Labute approximate surface area is 98.7 Å². The maximum Gasteiger partial charge on any atom is 0.227 e. The van der Waals surface area contributed by atoms with Gasteiger partial charge in [0, 0.05) is 5.56 Å². The minimum absolute atomic E-state index is 0.616. The summed E-state index contributed by atoms with van der Waals surface area (Å²) in [5.41, 5.74) is 2.46. The third-order valence-corrected chi connectivity index (χ3v) is 2.62. The molecule has 1 aromatic heterocycles. The van der Waals surface area contributed by atoms with E-state index in [1.165, 1.54) is 0 Å². The first kappa shape index (κ1) is 9.90. The predicted octanol–water partition coefficient (Wildman–Crippen LogP) is 3.50. The van der Waals surface area contributed by atoms with Crippen molar-refractivity contribution in [2.24, 2.45) is 0 Å². The van der Waals surface area contributed by atoms with E-state index in [4.69, 9.17) is 9.15 Å². The van der Waals surface area contributed by atoms with Crippen LogP contribution in [0.25, 0.3) is 22.6 Å². The summed E-state index contributed by atoms with van der Waals surface area (Å²) >= 11 is 0. The molecule has 17 heavy (non-hydrogen) atoms. The van der Waals surface area contributed by atoms with Crippen LogP contribution in [0, 0.1) is 0 Å². The standard InChI is InChI=1S/C14H11NO2/c1-16-11-8-5-9-12-13(11)15-14(17-12)10-6-3-2-4-7-10/h2-9H,1H3. The Kier molecular flexibility index (Phi) is 2.29. The molecule has 0 spiro atoms. The largest absolute Gasteiger partial charge is 0.494 e. The zero-order valence-corrected chi connectivity index (χ0v) is 9.38. The number of aromatic nitrogens is 1. The van der Waals surface area contributed by atoms with E-state index in [0.717, 1.165) is 22.4 Å². The molecule has 0 atom stereocenters. The van der Waals surface area contributed by atoms with Gasteiger partial charge in [0.05, 0.1) is 7.11 Å². The molecule has 1 heterocycles. The second-order valence-corrected chi connectivity index (χ2v) is 3.69. The van der Waals surface area contributed by atoms with Crippen molar-refractivity contribution in [1.29, 1.82) is 0 Å². The van der Waals surface area contributed by atoms with Gasteiger partial charge in [0.1, 0.15) is 5.75 Å². The lowest BCUT2D eigenvalue weighted by molar-refractivity contribution is 0.419. The van der Waals surface area contributed by atoms with Crippen LogP contribution in [0.1, 0.15) is 0 Å². The topological polar surface area (TPSA) is 35.3 Å². The number of hydrogen-bond acceptors (Lipinski definition) is 3.